The van der Waals surface area contributed by atoms with E-state index in [1.54, 1.807) is 62.5 Å². The molecule has 4 rings (SSSR count). The van der Waals surface area contributed by atoms with E-state index in [-0.39, 0.29) is 69.4 Å². The summed E-state index contributed by atoms with van der Waals surface area (Å²) in [6, 6.07) is 15.7. The summed E-state index contributed by atoms with van der Waals surface area (Å²) < 4.78 is 45.4. The molecule has 3 aromatic rings. The first kappa shape index (κ1) is 39.5. The van der Waals surface area contributed by atoms with Crippen LogP contribution in [0.4, 0.5) is 5.69 Å². The van der Waals surface area contributed by atoms with Gasteiger partial charge in [0.1, 0.15) is 12.2 Å². The molecule has 0 fully saturated rings. The Hall–Kier alpha value is -1.92. The summed E-state index contributed by atoms with van der Waals surface area (Å²) in [4.78, 5) is 33.1. The molecule has 2 heterocycles. The molecule has 1 aliphatic heterocycles. The molecule has 0 unspecified atom stereocenters. The van der Waals surface area contributed by atoms with Crippen LogP contribution in [-0.4, -0.2) is 75.3 Å². The first-order chi connectivity index (χ1) is 21.9. The van der Waals surface area contributed by atoms with Crippen LogP contribution in [0.25, 0.3) is 0 Å². The number of methoxy groups -OCH3 is 2. The summed E-state index contributed by atoms with van der Waals surface area (Å²) in [7, 11) is -1.04. The number of aliphatic hydroxyl groups is 1. The SMILES string of the molecule is COc1cccc([C@H]2O[C@H](CC(=O)NS(=O)(=O)CCCSc3ccccn3)C(=O)N(CC(C)(C)CO)c3ccc(Cl)cc32)c1OC.[Ac]. The fourth-order valence-corrected chi connectivity index (χ4v) is 7.23. The number of rotatable bonds is 14. The van der Waals surface area contributed by atoms with Gasteiger partial charge in [0.25, 0.3) is 5.91 Å². The van der Waals surface area contributed by atoms with Gasteiger partial charge in [0.15, 0.2) is 11.5 Å². The predicted octanol–water partition coefficient (Wildman–Crippen LogP) is 4.61. The van der Waals surface area contributed by atoms with Crippen molar-refractivity contribution in [1.29, 1.82) is 0 Å². The van der Waals surface area contributed by atoms with Crippen molar-refractivity contribution in [2.24, 2.45) is 5.41 Å². The van der Waals surface area contributed by atoms with Crippen LogP contribution in [-0.2, 0) is 24.3 Å². The number of sulfonamides is 1. The fourth-order valence-electron chi connectivity index (χ4n) is 5.00. The normalized spacial score (nSPS) is 16.5. The van der Waals surface area contributed by atoms with Crippen LogP contribution < -0.4 is 19.1 Å². The molecular formula is C32H38AcClN3O8S2. The Kier molecular flexibility index (Phi) is 14.8. The van der Waals surface area contributed by atoms with Crippen molar-refractivity contribution in [3.8, 4) is 11.5 Å². The van der Waals surface area contributed by atoms with Crippen LogP contribution in [0.2, 0.25) is 5.02 Å². The van der Waals surface area contributed by atoms with Crippen molar-refractivity contribution in [1.82, 2.24) is 9.71 Å². The van der Waals surface area contributed by atoms with Gasteiger partial charge in [-0.15, -0.1) is 11.8 Å². The minimum atomic E-state index is -4.00. The molecule has 251 valence electrons. The summed E-state index contributed by atoms with van der Waals surface area (Å²) in [5, 5.41) is 11.2. The minimum Gasteiger partial charge on any atom is -0.493 e. The Labute approximate surface area is 320 Å². The minimum absolute atomic E-state index is 0. The molecule has 0 saturated carbocycles. The number of ether oxygens (including phenoxy) is 3. The van der Waals surface area contributed by atoms with Gasteiger partial charge in [-0.05, 0) is 42.8 Å². The second-order valence-electron chi connectivity index (χ2n) is 11.5. The number of hydrogen-bond donors (Lipinski definition) is 2. The van der Waals surface area contributed by atoms with Crippen LogP contribution in [0.15, 0.2) is 65.8 Å². The zero-order valence-corrected chi connectivity index (χ0v) is 33.8. The molecule has 47 heavy (non-hydrogen) atoms. The smallest absolute Gasteiger partial charge is 0.256 e. The van der Waals surface area contributed by atoms with Gasteiger partial charge in [-0.25, -0.2) is 13.4 Å². The number of nitrogens with zero attached hydrogens (tertiary/aromatic N) is 2. The molecule has 1 aromatic heterocycles. The maximum atomic E-state index is 14.2. The van der Waals surface area contributed by atoms with Crippen molar-refractivity contribution >= 4 is 50.9 Å². The number of thioether (sulfide) groups is 1. The third-order valence-electron chi connectivity index (χ3n) is 7.22. The Morgan fingerprint density at radius 1 is 1.13 bits per heavy atom. The predicted molar refractivity (Wildman–Crippen MR) is 177 cm³/mol. The molecule has 0 bridgehead atoms. The Morgan fingerprint density at radius 3 is 2.55 bits per heavy atom. The van der Waals surface area contributed by atoms with Crippen LogP contribution in [0.3, 0.4) is 0 Å². The molecule has 1 radical (unpaired) electrons. The number of fused-ring (bicyclic) bond motifs is 1. The monoisotopic (exact) mass is 918 g/mol. The second-order valence-corrected chi connectivity index (χ2v) is 14.8. The van der Waals surface area contributed by atoms with Crippen LogP contribution in [0.5, 0.6) is 11.5 Å². The van der Waals surface area contributed by atoms with Gasteiger partial charge in [-0.3, -0.25) is 14.3 Å². The Morgan fingerprint density at radius 2 is 1.89 bits per heavy atom. The van der Waals surface area contributed by atoms with Crippen LogP contribution in [0, 0.1) is 49.5 Å². The standard InChI is InChI=1S/C32H38ClN3O8S2.Ac/c1-32(2,20-37)19-36-24-13-12-21(33)17-23(24)29(22-9-7-10-25(42-3)30(22)43-4)44-26(31(36)39)18-27(38)35-46(40,41)16-8-15-45-28-11-5-6-14-34-28;/h5-7,9-14,17,26,29,37H,8,15-16,18-20H2,1-4H3,(H,35,38);/t26-,29-;/m1./s1. The zero-order valence-electron chi connectivity index (χ0n) is 26.6. The van der Waals surface area contributed by atoms with Gasteiger partial charge in [0.05, 0.1) is 31.4 Å². The van der Waals surface area contributed by atoms with Crippen LogP contribution in [0.1, 0.15) is 43.9 Å². The molecule has 11 nitrogen and oxygen atoms in total. The topological polar surface area (TPSA) is 144 Å². The molecule has 2 aromatic carbocycles. The summed E-state index contributed by atoms with van der Waals surface area (Å²) >= 11 is 7.86. The summed E-state index contributed by atoms with van der Waals surface area (Å²) in [6.45, 7) is 3.44. The number of amides is 2. The maximum Gasteiger partial charge on any atom is 0.256 e. The van der Waals surface area contributed by atoms with Gasteiger partial charge in [0.2, 0.25) is 15.9 Å². The van der Waals surface area contributed by atoms with E-state index < -0.39 is 45.9 Å². The molecule has 2 N–H and O–H groups in total. The third-order valence-corrected chi connectivity index (χ3v) is 9.85. The van der Waals surface area contributed by atoms with E-state index in [1.807, 2.05) is 12.1 Å². The van der Waals surface area contributed by atoms with E-state index >= 15 is 0 Å². The van der Waals surface area contributed by atoms with Gasteiger partial charge >= 0.3 is 0 Å². The number of pyridine rings is 1. The van der Waals surface area contributed by atoms with Crippen molar-refractivity contribution in [3.05, 3.63) is 76.9 Å². The molecule has 0 saturated heterocycles. The quantitative estimate of drug-likeness (QED) is 0.174. The van der Waals surface area contributed by atoms with Crippen molar-refractivity contribution in [2.75, 3.05) is 43.8 Å². The number of benzene rings is 2. The van der Waals surface area contributed by atoms with E-state index in [0.29, 0.717) is 39.1 Å². The number of carbonyl (C=O) groups is 2. The molecule has 0 spiro atoms. The van der Waals surface area contributed by atoms with E-state index in [2.05, 4.69) is 9.71 Å². The first-order valence-electron chi connectivity index (χ1n) is 14.5. The molecule has 2 amide bonds. The molecule has 2 atom stereocenters. The largest absolute Gasteiger partial charge is 0.493 e. The summed E-state index contributed by atoms with van der Waals surface area (Å²) in [5.74, 6) is -0.500. The van der Waals surface area contributed by atoms with Crippen molar-refractivity contribution in [2.45, 2.75) is 43.9 Å². The van der Waals surface area contributed by atoms with Gasteiger partial charge in [-0.1, -0.05) is 43.6 Å². The van der Waals surface area contributed by atoms with E-state index in [1.165, 1.54) is 30.9 Å². The summed E-state index contributed by atoms with van der Waals surface area (Å²) in [6.07, 6.45) is -1.02. The molecule has 0 aliphatic carbocycles. The molecular weight excluding hydrogens is 881 g/mol. The number of hydrogen-bond acceptors (Lipinski definition) is 10. The number of nitrogens with one attached hydrogen (secondary N) is 1. The molecule has 15 heteroatoms. The average molecular weight is 919 g/mol. The number of carbonyl (C=O) groups excluding carboxylic acids is 2. The number of aromatic nitrogens is 1. The Balaban J connectivity index is 0.00000600. The molecule has 1 aliphatic rings. The Bertz CT molecular complexity index is 1650. The van der Waals surface area contributed by atoms with Gasteiger partial charge < -0.3 is 24.2 Å². The van der Waals surface area contributed by atoms with Crippen LogP contribution >= 0.6 is 23.4 Å². The number of aliphatic hydroxyl groups excluding tert-OH is 1. The third kappa shape index (κ3) is 10.5. The number of para-hydroxylation sites is 1. The first-order valence-corrected chi connectivity index (χ1v) is 17.5. The van der Waals surface area contributed by atoms with Gasteiger partial charge in [0, 0.05) is 96.4 Å². The maximum absolute atomic E-state index is 14.2. The average Bonchev–Trinajstić information content (AvgIpc) is 3.13. The second kappa shape index (κ2) is 17.7. The number of halogens is 1. The van der Waals surface area contributed by atoms with Crippen molar-refractivity contribution in [3.63, 3.8) is 0 Å². The van der Waals surface area contributed by atoms with E-state index in [0.717, 1.165) is 5.03 Å². The fraction of sp³-hybridized carbons (Fsp3) is 0.406. The van der Waals surface area contributed by atoms with Gasteiger partial charge in [-0.2, -0.15) is 0 Å². The summed E-state index contributed by atoms with van der Waals surface area (Å²) in [5.41, 5.74) is 0.752. The zero-order chi connectivity index (χ0) is 33.5. The van der Waals surface area contributed by atoms with E-state index in [9.17, 15) is 23.1 Å². The number of anilines is 1. The van der Waals surface area contributed by atoms with E-state index in [4.69, 9.17) is 25.8 Å². The van der Waals surface area contributed by atoms with Crippen molar-refractivity contribution < 1.29 is 81.4 Å².